The molecule has 1 heterocycles. The summed E-state index contributed by atoms with van der Waals surface area (Å²) in [6.45, 7) is -0.00714. The molecule has 5 heteroatoms. The molecule has 2 aromatic rings. The zero-order chi connectivity index (χ0) is 13.1. The first-order chi connectivity index (χ1) is 8.61. The van der Waals surface area contributed by atoms with Gasteiger partial charge in [0.15, 0.2) is 0 Å². The molecule has 18 heavy (non-hydrogen) atoms. The van der Waals surface area contributed by atoms with E-state index in [4.69, 9.17) is 16.6 Å². The molecule has 1 aromatic heterocycles. The molecule has 0 atom stereocenters. The lowest BCUT2D eigenvalue weighted by Crippen LogP contribution is -2.14. The number of carbonyl (C=O) groups excluding carboxylic acids is 1. The fourth-order valence-electron chi connectivity index (χ4n) is 1.63. The number of nitrogens with zero attached hydrogens (tertiary/aromatic N) is 1. The first-order valence-electron chi connectivity index (χ1n) is 5.37. The number of anilines is 1. The maximum Gasteiger partial charge on any atom is 0.252 e. The average molecular weight is 243 g/mol. The Bertz CT molecular complexity index is 579. The van der Waals surface area contributed by atoms with E-state index in [1.54, 1.807) is 24.4 Å². The van der Waals surface area contributed by atoms with E-state index < -0.39 is 5.91 Å². The third-order valence-corrected chi connectivity index (χ3v) is 2.65. The van der Waals surface area contributed by atoms with Gasteiger partial charge in [0.1, 0.15) is 5.82 Å². The van der Waals surface area contributed by atoms with Crippen LogP contribution in [0.2, 0.25) is 0 Å². The molecule has 0 spiro atoms. The van der Waals surface area contributed by atoms with E-state index in [9.17, 15) is 4.79 Å². The van der Waals surface area contributed by atoms with Crippen molar-refractivity contribution in [2.45, 2.75) is 6.61 Å². The second-order valence-electron chi connectivity index (χ2n) is 3.88. The molecule has 0 saturated carbocycles. The number of amides is 1. The second-order valence-corrected chi connectivity index (χ2v) is 3.88. The summed E-state index contributed by atoms with van der Waals surface area (Å²) < 4.78 is 0. The van der Waals surface area contributed by atoms with Gasteiger partial charge in [-0.05, 0) is 17.2 Å². The van der Waals surface area contributed by atoms with E-state index in [1.807, 2.05) is 12.1 Å². The summed E-state index contributed by atoms with van der Waals surface area (Å²) >= 11 is 0. The zero-order valence-electron chi connectivity index (χ0n) is 9.63. The number of hydrogen-bond acceptors (Lipinski definition) is 4. The van der Waals surface area contributed by atoms with E-state index in [2.05, 4.69) is 4.98 Å². The Morgan fingerprint density at radius 2 is 1.89 bits per heavy atom. The van der Waals surface area contributed by atoms with Gasteiger partial charge in [0, 0.05) is 11.8 Å². The van der Waals surface area contributed by atoms with Crippen LogP contribution < -0.4 is 11.5 Å². The summed E-state index contributed by atoms with van der Waals surface area (Å²) in [6, 6.07) is 8.89. The molecule has 0 unspecified atom stereocenters. The number of aromatic nitrogens is 1. The van der Waals surface area contributed by atoms with Crippen molar-refractivity contribution in [2.75, 3.05) is 5.73 Å². The Hall–Kier alpha value is -2.40. The summed E-state index contributed by atoms with van der Waals surface area (Å²) in [5.41, 5.74) is 13.4. The third-order valence-electron chi connectivity index (χ3n) is 2.65. The molecule has 0 bridgehead atoms. The molecule has 92 valence electrons. The standard InChI is InChI=1S/C13H13N3O2/c14-12-11(13(15)18)5-10(6-16-12)9-3-1-8(7-17)2-4-9/h1-6,17H,7H2,(H2,14,16)(H2,15,18). The van der Waals surface area contributed by atoms with Crippen molar-refractivity contribution in [3.63, 3.8) is 0 Å². The lowest BCUT2D eigenvalue weighted by atomic mass is 10.0. The number of nitrogens with two attached hydrogens (primary N) is 2. The van der Waals surface area contributed by atoms with E-state index in [-0.39, 0.29) is 18.0 Å². The smallest absolute Gasteiger partial charge is 0.252 e. The summed E-state index contributed by atoms with van der Waals surface area (Å²) in [5, 5.41) is 8.96. The Labute approximate surface area is 104 Å². The summed E-state index contributed by atoms with van der Waals surface area (Å²) in [5.74, 6) is -0.480. The van der Waals surface area contributed by atoms with Crippen molar-refractivity contribution in [3.05, 3.63) is 47.7 Å². The van der Waals surface area contributed by atoms with E-state index >= 15 is 0 Å². The molecule has 0 aliphatic carbocycles. The van der Waals surface area contributed by atoms with Crippen LogP contribution in [0.3, 0.4) is 0 Å². The number of aliphatic hydroxyl groups excluding tert-OH is 1. The summed E-state index contributed by atoms with van der Waals surface area (Å²) in [6.07, 6.45) is 1.58. The summed E-state index contributed by atoms with van der Waals surface area (Å²) in [7, 11) is 0. The van der Waals surface area contributed by atoms with Crippen LogP contribution in [0.1, 0.15) is 15.9 Å². The van der Waals surface area contributed by atoms with Gasteiger partial charge in [0.2, 0.25) is 0 Å². The Kier molecular flexibility index (Phi) is 3.25. The van der Waals surface area contributed by atoms with Crippen molar-refractivity contribution in [3.8, 4) is 11.1 Å². The van der Waals surface area contributed by atoms with Crippen molar-refractivity contribution in [2.24, 2.45) is 5.73 Å². The molecule has 2 rings (SSSR count). The number of benzene rings is 1. The molecular weight excluding hydrogens is 230 g/mol. The van der Waals surface area contributed by atoms with E-state index in [0.717, 1.165) is 16.7 Å². The zero-order valence-corrected chi connectivity index (χ0v) is 9.63. The molecule has 0 fully saturated rings. The highest BCUT2D eigenvalue weighted by Gasteiger charge is 2.09. The predicted molar refractivity (Wildman–Crippen MR) is 68.5 cm³/mol. The Balaban J connectivity index is 2.44. The van der Waals surface area contributed by atoms with Crippen molar-refractivity contribution >= 4 is 11.7 Å². The fourth-order valence-corrected chi connectivity index (χ4v) is 1.63. The highest BCUT2D eigenvalue weighted by atomic mass is 16.3. The lowest BCUT2D eigenvalue weighted by molar-refractivity contribution is 0.100. The number of carbonyl (C=O) groups is 1. The number of rotatable bonds is 3. The van der Waals surface area contributed by atoms with Gasteiger partial charge in [0.05, 0.1) is 12.2 Å². The molecule has 5 N–H and O–H groups in total. The minimum Gasteiger partial charge on any atom is -0.392 e. The van der Waals surface area contributed by atoms with Crippen molar-refractivity contribution in [1.82, 2.24) is 4.98 Å². The van der Waals surface area contributed by atoms with Crippen LogP contribution in [0.15, 0.2) is 36.5 Å². The highest BCUT2D eigenvalue weighted by molar-refractivity contribution is 5.98. The maximum absolute atomic E-state index is 11.2. The quantitative estimate of drug-likeness (QED) is 0.745. The van der Waals surface area contributed by atoms with Gasteiger partial charge in [-0.15, -0.1) is 0 Å². The Morgan fingerprint density at radius 1 is 1.22 bits per heavy atom. The van der Waals surface area contributed by atoms with Crippen LogP contribution in [0.5, 0.6) is 0 Å². The molecular formula is C13H13N3O2. The average Bonchev–Trinajstić information content (AvgIpc) is 2.39. The van der Waals surface area contributed by atoms with Crippen LogP contribution in [0, 0.1) is 0 Å². The normalized spacial score (nSPS) is 10.3. The predicted octanol–water partition coefficient (Wildman–Crippen LogP) is 0.922. The SMILES string of the molecule is NC(=O)c1cc(-c2ccc(CO)cc2)cnc1N. The number of hydrogen-bond donors (Lipinski definition) is 3. The van der Waals surface area contributed by atoms with Gasteiger partial charge < -0.3 is 16.6 Å². The minimum atomic E-state index is -0.603. The first-order valence-corrected chi connectivity index (χ1v) is 5.37. The van der Waals surface area contributed by atoms with Gasteiger partial charge in [-0.3, -0.25) is 4.79 Å². The number of primary amides is 1. The molecule has 1 aromatic carbocycles. The molecule has 0 aliphatic rings. The minimum absolute atomic E-state index is 0.00714. The third kappa shape index (κ3) is 2.31. The molecule has 0 saturated heterocycles. The number of nitrogen functional groups attached to an aromatic ring is 1. The topological polar surface area (TPSA) is 102 Å². The number of pyridine rings is 1. The largest absolute Gasteiger partial charge is 0.392 e. The molecule has 0 aliphatic heterocycles. The second kappa shape index (κ2) is 4.85. The lowest BCUT2D eigenvalue weighted by Gasteiger charge is -2.06. The van der Waals surface area contributed by atoms with Gasteiger partial charge in [-0.2, -0.15) is 0 Å². The molecule has 1 amide bonds. The van der Waals surface area contributed by atoms with Crippen LogP contribution in [-0.4, -0.2) is 16.0 Å². The van der Waals surface area contributed by atoms with Gasteiger partial charge >= 0.3 is 0 Å². The van der Waals surface area contributed by atoms with E-state index in [1.165, 1.54) is 0 Å². The first kappa shape index (κ1) is 12.1. The van der Waals surface area contributed by atoms with Gasteiger partial charge in [-0.25, -0.2) is 4.98 Å². The Morgan fingerprint density at radius 3 is 2.44 bits per heavy atom. The molecule has 5 nitrogen and oxygen atoms in total. The van der Waals surface area contributed by atoms with Crippen molar-refractivity contribution in [1.29, 1.82) is 0 Å². The van der Waals surface area contributed by atoms with Gasteiger partial charge in [-0.1, -0.05) is 24.3 Å². The van der Waals surface area contributed by atoms with Crippen LogP contribution >= 0.6 is 0 Å². The summed E-state index contributed by atoms with van der Waals surface area (Å²) in [4.78, 5) is 15.1. The maximum atomic E-state index is 11.2. The number of aliphatic hydroxyl groups is 1. The van der Waals surface area contributed by atoms with E-state index in [0.29, 0.717) is 0 Å². The van der Waals surface area contributed by atoms with Crippen LogP contribution in [0.4, 0.5) is 5.82 Å². The van der Waals surface area contributed by atoms with Crippen molar-refractivity contribution < 1.29 is 9.90 Å². The monoisotopic (exact) mass is 243 g/mol. The highest BCUT2D eigenvalue weighted by Crippen LogP contribution is 2.22. The van der Waals surface area contributed by atoms with Gasteiger partial charge in [0.25, 0.3) is 5.91 Å². The van der Waals surface area contributed by atoms with Crippen LogP contribution in [-0.2, 0) is 6.61 Å². The van der Waals surface area contributed by atoms with Crippen LogP contribution in [0.25, 0.3) is 11.1 Å². The molecule has 0 radical (unpaired) electrons. The fraction of sp³-hybridized carbons (Fsp3) is 0.0769.